The predicted octanol–water partition coefficient (Wildman–Crippen LogP) is 1.70. The number of rotatable bonds is 3. The summed E-state index contributed by atoms with van der Waals surface area (Å²) in [6.45, 7) is 0. The molecule has 1 aromatic carbocycles. The minimum atomic E-state index is -3.16. The lowest BCUT2D eigenvalue weighted by Crippen LogP contribution is -2.49. The van der Waals surface area contributed by atoms with E-state index in [1.54, 1.807) is 36.2 Å². The number of nitrogens with two attached hydrogens (primary N) is 1. The maximum Gasteiger partial charge on any atom is 0.253 e. The molecule has 2 rings (SSSR count). The number of carbonyl (C=O) groups excluding carboxylic acids is 1. The monoisotopic (exact) mass is 310 g/mol. The number of nitrogens with zero attached hydrogens (tertiary/aromatic N) is 1. The van der Waals surface area contributed by atoms with Crippen molar-refractivity contribution >= 4 is 21.4 Å². The van der Waals surface area contributed by atoms with Gasteiger partial charge in [-0.2, -0.15) is 0 Å². The molecule has 1 saturated carbocycles. The van der Waals surface area contributed by atoms with Crippen LogP contribution in [0.2, 0.25) is 0 Å². The van der Waals surface area contributed by atoms with Gasteiger partial charge in [0.05, 0.1) is 5.25 Å². The zero-order valence-corrected chi connectivity index (χ0v) is 13.3. The Morgan fingerprint density at radius 3 is 2.57 bits per heavy atom. The summed E-state index contributed by atoms with van der Waals surface area (Å²) in [6, 6.07) is 6.51. The van der Waals surface area contributed by atoms with E-state index >= 15 is 0 Å². The molecule has 1 aromatic rings. The first-order valence-corrected chi connectivity index (χ1v) is 9.07. The molecule has 1 amide bonds. The standard InChI is InChI=1S/C15H22N2O3S/c1-17(15(18)11-6-5-7-12(16)10-11)13-8-3-4-9-14(13)21(2,19)20/h5-7,10,13-14H,3-4,8-9,16H2,1-2H3. The predicted molar refractivity (Wildman–Crippen MR) is 83.8 cm³/mol. The van der Waals surface area contributed by atoms with Gasteiger partial charge in [0, 0.05) is 30.6 Å². The third-order valence-corrected chi connectivity index (χ3v) is 5.82. The Morgan fingerprint density at radius 2 is 1.95 bits per heavy atom. The van der Waals surface area contributed by atoms with Gasteiger partial charge in [0.15, 0.2) is 9.84 Å². The molecule has 1 aliphatic rings. The van der Waals surface area contributed by atoms with Crippen molar-refractivity contribution in [2.24, 2.45) is 0 Å². The zero-order chi connectivity index (χ0) is 15.6. The van der Waals surface area contributed by atoms with Gasteiger partial charge in [-0.3, -0.25) is 4.79 Å². The van der Waals surface area contributed by atoms with Gasteiger partial charge < -0.3 is 10.6 Å². The number of amides is 1. The molecular weight excluding hydrogens is 288 g/mol. The van der Waals surface area contributed by atoms with Crippen molar-refractivity contribution in [2.75, 3.05) is 19.0 Å². The summed E-state index contributed by atoms with van der Waals surface area (Å²) in [6.07, 6.45) is 4.45. The second-order valence-electron chi connectivity index (χ2n) is 5.76. The molecule has 0 radical (unpaired) electrons. The molecule has 1 fully saturated rings. The minimum Gasteiger partial charge on any atom is -0.399 e. The van der Waals surface area contributed by atoms with Gasteiger partial charge >= 0.3 is 0 Å². The summed E-state index contributed by atoms with van der Waals surface area (Å²) >= 11 is 0. The van der Waals surface area contributed by atoms with Crippen LogP contribution in [0.5, 0.6) is 0 Å². The molecule has 0 spiro atoms. The number of anilines is 1. The van der Waals surface area contributed by atoms with Crippen LogP contribution in [-0.4, -0.2) is 43.8 Å². The molecule has 0 saturated heterocycles. The Labute approximate surface area is 126 Å². The number of nitrogen functional groups attached to an aromatic ring is 1. The number of hydrogen-bond donors (Lipinski definition) is 1. The Morgan fingerprint density at radius 1 is 1.29 bits per heavy atom. The van der Waals surface area contributed by atoms with Gasteiger partial charge in [0.25, 0.3) is 5.91 Å². The average molecular weight is 310 g/mol. The van der Waals surface area contributed by atoms with E-state index in [0.717, 1.165) is 19.3 Å². The van der Waals surface area contributed by atoms with E-state index < -0.39 is 15.1 Å². The lowest BCUT2D eigenvalue weighted by Gasteiger charge is -2.37. The van der Waals surface area contributed by atoms with Gasteiger partial charge in [0.2, 0.25) is 0 Å². The first-order valence-electron chi connectivity index (χ1n) is 7.12. The van der Waals surface area contributed by atoms with Crippen LogP contribution >= 0.6 is 0 Å². The number of benzene rings is 1. The van der Waals surface area contributed by atoms with Crippen molar-refractivity contribution in [3.05, 3.63) is 29.8 Å². The minimum absolute atomic E-state index is 0.178. The van der Waals surface area contributed by atoms with Gasteiger partial charge in [0.1, 0.15) is 0 Å². The molecule has 2 unspecified atom stereocenters. The van der Waals surface area contributed by atoms with Crippen molar-refractivity contribution in [2.45, 2.75) is 37.0 Å². The molecule has 6 heteroatoms. The Kier molecular flexibility index (Phi) is 4.56. The summed E-state index contributed by atoms with van der Waals surface area (Å²) in [4.78, 5) is 14.1. The highest BCUT2D eigenvalue weighted by molar-refractivity contribution is 7.91. The largest absolute Gasteiger partial charge is 0.399 e. The van der Waals surface area contributed by atoms with Crippen LogP contribution in [0.3, 0.4) is 0 Å². The van der Waals surface area contributed by atoms with Crippen LogP contribution in [0.15, 0.2) is 24.3 Å². The highest BCUT2D eigenvalue weighted by atomic mass is 32.2. The van der Waals surface area contributed by atoms with E-state index in [1.165, 1.54) is 6.26 Å². The average Bonchev–Trinajstić information content (AvgIpc) is 2.45. The van der Waals surface area contributed by atoms with Crippen LogP contribution < -0.4 is 5.73 Å². The lowest BCUT2D eigenvalue weighted by atomic mass is 9.93. The highest BCUT2D eigenvalue weighted by Gasteiger charge is 2.37. The van der Waals surface area contributed by atoms with Crippen molar-refractivity contribution in [1.82, 2.24) is 4.90 Å². The molecule has 116 valence electrons. The molecule has 0 heterocycles. The summed E-state index contributed by atoms with van der Waals surface area (Å²) in [5.41, 5.74) is 6.73. The Balaban J connectivity index is 2.25. The fraction of sp³-hybridized carbons (Fsp3) is 0.533. The first kappa shape index (κ1) is 15.8. The van der Waals surface area contributed by atoms with Crippen molar-refractivity contribution < 1.29 is 13.2 Å². The normalized spacial score (nSPS) is 22.8. The summed E-state index contributed by atoms with van der Waals surface area (Å²) < 4.78 is 23.9. The number of carbonyl (C=O) groups is 1. The fourth-order valence-electron chi connectivity index (χ4n) is 3.05. The molecule has 0 aromatic heterocycles. The van der Waals surface area contributed by atoms with Crippen LogP contribution in [0.25, 0.3) is 0 Å². The second kappa shape index (κ2) is 6.05. The van der Waals surface area contributed by atoms with Crippen LogP contribution in [0, 0.1) is 0 Å². The van der Waals surface area contributed by atoms with E-state index in [0.29, 0.717) is 17.7 Å². The van der Waals surface area contributed by atoms with E-state index in [2.05, 4.69) is 0 Å². The highest BCUT2D eigenvalue weighted by Crippen LogP contribution is 2.28. The topological polar surface area (TPSA) is 80.5 Å². The van der Waals surface area contributed by atoms with E-state index in [4.69, 9.17) is 5.73 Å². The van der Waals surface area contributed by atoms with Gasteiger partial charge in [-0.15, -0.1) is 0 Å². The summed E-state index contributed by atoms with van der Waals surface area (Å²) in [7, 11) is -1.48. The number of sulfone groups is 1. The summed E-state index contributed by atoms with van der Waals surface area (Å²) in [5, 5.41) is -0.471. The molecule has 0 bridgehead atoms. The Bertz CT molecular complexity index is 628. The molecular formula is C15H22N2O3S. The van der Waals surface area contributed by atoms with E-state index in [1.807, 2.05) is 0 Å². The third-order valence-electron chi connectivity index (χ3n) is 4.17. The molecule has 2 N–H and O–H groups in total. The van der Waals surface area contributed by atoms with Crippen molar-refractivity contribution in [3.63, 3.8) is 0 Å². The Hall–Kier alpha value is -1.56. The van der Waals surface area contributed by atoms with Crippen LogP contribution in [0.4, 0.5) is 5.69 Å². The van der Waals surface area contributed by atoms with Crippen molar-refractivity contribution in [3.8, 4) is 0 Å². The van der Waals surface area contributed by atoms with E-state index in [9.17, 15) is 13.2 Å². The molecule has 0 aliphatic heterocycles. The smallest absolute Gasteiger partial charge is 0.253 e. The molecule has 2 atom stereocenters. The maximum atomic E-state index is 12.5. The van der Waals surface area contributed by atoms with Crippen LogP contribution in [-0.2, 0) is 9.84 Å². The first-order chi connectivity index (χ1) is 9.80. The van der Waals surface area contributed by atoms with Crippen LogP contribution in [0.1, 0.15) is 36.0 Å². The van der Waals surface area contributed by atoms with Gasteiger partial charge in [-0.05, 0) is 31.0 Å². The summed E-state index contributed by atoms with van der Waals surface area (Å²) in [5.74, 6) is -0.178. The van der Waals surface area contributed by atoms with Gasteiger partial charge in [-0.1, -0.05) is 18.9 Å². The lowest BCUT2D eigenvalue weighted by molar-refractivity contribution is 0.0700. The molecule has 21 heavy (non-hydrogen) atoms. The molecule has 5 nitrogen and oxygen atoms in total. The third kappa shape index (κ3) is 3.56. The van der Waals surface area contributed by atoms with E-state index in [-0.39, 0.29) is 11.9 Å². The SMILES string of the molecule is CN(C(=O)c1cccc(N)c1)C1CCCCC1S(C)(=O)=O. The van der Waals surface area contributed by atoms with Crippen molar-refractivity contribution in [1.29, 1.82) is 0 Å². The maximum absolute atomic E-state index is 12.5. The second-order valence-corrected chi connectivity index (χ2v) is 8.03. The van der Waals surface area contributed by atoms with Gasteiger partial charge in [-0.25, -0.2) is 8.42 Å². The zero-order valence-electron chi connectivity index (χ0n) is 12.5. The fourth-order valence-corrected chi connectivity index (χ4v) is 4.53. The quantitative estimate of drug-likeness (QED) is 0.862. The molecule has 1 aliphatic carbocycles. The number of hydrogen-bond acceptors (Lipinski definition) is 4.